The molecular weight excluding hydrogens is 264 g/mol. The van der Waals surface area contributed by atoms with Gasteiger partial charge < -0.3 is 18.9 Å². The number of hydrogen-bond donors (Lipinski definition) is 0. The van der Waals surface area contributed by atoms with E-state index in [1.54, 1.807) is 13.2 Å². The minimum atomic E-state index is -0.262. The average Bonchev–Trinajstić information content (AvgIpc) is 2.36. The number of carbonyl (C=O) groups is 2. The van der Waals surface area contributed by atoms with Crippen molar-refractivity contribution < 1.29 is 28.5 Å². The third-order valence-corrected chi connectivity index (χ3v) is 1.33. The highest BCUT2D eigenvalue weighted by molar-refractivity contribution is 5.66. The van der Waals surface area contributed by atoms with E-state index in [9.17, 15) is 9.59 Å². The Morgan fingerprint density at radius 1 is 1.00 bits per heavy atom. The number of carbonyl (C=O) groups excluding carboxylic acids is 2. The highest BCUT2D eigenvalue weighted by Gasteiger charge is 1.89. The molecule has 0 N–H and O–H groups in total. The standard InChI is InChI=1S/C6H12O3.C5H10O3.C3H6/c1-3-8-4-5-9-6(2)7;1-5(6)8-4-3-7-2;1-3-2/h3-5H2,1-2H3;3-4H2,1-2H3;3H,1H2,2H3. The van der Waals surface area contributed by atoms with Crippen LogP contribution in [0.25, 0.3) is 0 Å². The Bertz CT molecular complexity index is 228. The lowest BCUT2D eigenvalue weighted by molar-refractivity contribution is -0.143. The Balaban J connectivity index is -0.000000243. The number of allylic oxidation sites excluding steroid dienone is 1. The van der Waals surface area contributed by atoms with Gasteiger partial charge in [0.15, 0.2) is 0 Å². The zero-order valence-corrected chi connectivity index (χ0v) is 13.3. The molecule has 0 aromatic carbocycles. The summed E-state index contributed by atoms with van der Waals surface area (Å²) >= 11 is 0. The topological polar surface area (TPSA) is 71.1 Å². The van der Waals surface area contributed by atoms with Crippen LogP contribution in [0.15, 0.2) is 12.7 Å². The summed E-state index contributed by atoms with van der Waals surface area (Å²) in [5.41, 5.74) is 0. The van der Waals surface area contributed by atoms with Crippen molar-refractivity contribution >= 4 is 11.9 Å². The fraction of sp³-hybridized carbons (Fsp3) is 0.714. The first kappa shape index (κ1) is 23.7. The van der Waals surface area contributed by atoms with Gasteiger partial charge in [-0.05, 0) is 13.8 Å². The molecule has 0 radical (unpaired) electrons. The molecule has 0 aliphatic carbocycles. The molecule has 0 aliphatic rings. The largest absolute Gasteiger partial charge is 0.463 e. The molecule has 0 saturated heterocycles. The van der Waals surface area contributed by atoms with Crippen molar-refractivity contribution in [2.24, 2.45) is 0 Å². The van der Waals surface area contributed by atoms with Crippen LogP contribution in [-0.2, 0) is 28.5 Å². The number of esters is 2. The van der Waals surface area contributed by atoms with E-state index in [0.717, 1.165) is 0 Å². The van der Waals surface area contributed by atoms with Crippen molar-refractivity contribution in [2.75, 3.05) is 40.1 Å². The van der Waals surface area contributed by atoms with Gasteiger partial charge in [0.2, 0.25) is 0 Å². The van der Waals surface area contributed by atoms with Crippen LogP contribution >= 0.6 is 0 Å². The molecule has 6 heteroatoms. The molecule has 0 rings (SSSR count). The van der Waals surface area contributed by atoms with E-state index in [2.05, 4.69) is 20.8 Å². The molecule has 0 aliphatic heterocycles. The maximum atomic E-state index is 10.1. The lowest BCUT2D eigenvalue weighted by atomic mass is 10.7. The van der Waals surface area contributed by atoms with Gasteiger partial charge >= 0.3 is 11.9 Å². The van der Waals surface area contributed by atoms with Crippen molar-refractivity contribution in [1.29, 1.82) is 0 Å². The van der Waals surface area contributed by atoms with E-state index in [1.807, 2.05) is 13.8 Å². The monoisotopic (exact) mass is 292 g/mol. The minimum absolute atomic E-state index is 0.255. The molecule has 0 amide bonds. The summed E-state index contributed by atoms with van der Waals surface area (Å²) in [7, 11) is 1.56. The molecule has 0 atom stereocenters. The van der Waals surface area contributed by atoms with E-state index >= 15 is 0 Å². The van der Waals surface area contributed by atoms with Crippen LogP contribution in [0.4, 0.5) is 0 Å². The molecule has 0 fully saturated rings. The van der Waals surface area contributed by atoms with Crippen LogP contribution in [0.3, 0.4) is 0 Å². The quantitative estimate of drug-likeness (QED) is 0.406. The molecule has 0 bridgehead atoms. The van der Waals surface area contributed by atoms with Gasteiger partial charge in [-0.2, -0.15) is 0 Å². The molecule has 6 nitrogen and oxygen atoms in total. The Kier molecular flexibility index (Phi) is 26.9. The Morgan fingerprint density at radius 3 is 1.70 bits per heavy atom. The molecule has 0 unspecified atom stereocenters. The van der Waals surface area contributed by atoms with Crippen LogP contribution in [0, 0.1) is 0 Å². The van der Waals surface area contributed by atoms with Crippen LogP contribution < -0.4 is 0 Å². The summed E-state index contributed by atoms with van der Waals surface area (Å²) in [5, 5.41) is 0. The molecule has 120 valence electrons. The van der Waals surface area contributed by atoms with Gasteiger partial charge in [-0.15, -0.1) is 6.58 Å². The Morgan fingerprint density at radius 2 is 1.40 bits per heavy atom. The highest BCUT2D eigenvalue weighted by atomic mass is 16.6. The van der Waals surface area contributed by atoms with Gasteiger partial charge in [-0.1, -0.05) is 6.08 Å². The lowest BCUT2D eigenvalue weighted by Crippen LogP contribution is -2.06. The Labute approximate surface area is 122 Å². The van der Waals surface area contributed by atoms with Crippen LogP contribution in [0.5, 0.6) is 0 Å². The van der Waals surface area contributed by atoms with Crippen LogP contribution in [0.2, 0.25) is 0 Å². The normalized spacial score (nSPS) is 8.25. The van der Waals surface area contributed by atoms with Crippen molar-refractivity contribution in [3.8, 4) is 0 Å². The molecule has 0 aromatic rings. The fourth-order valence-electron chi connectivity index (χ4n) is 0.657. The van der Waals surface area contributed by atoms with Crippen molar-refractivity contribution in [3.05, 3.63) is 12.7 Å². The molecule has 0 aromatic heterocycles. The highest BCUT2D eigenvalue weighted by Crippen LogP contribution is 1.77. The van der Waals surface area contributed by atoms with Crippen molar-refractivity contribution in [2.45, 2.75) is 27.7 Å². The number of ether oxygens (including phenoxy) is 4. The maximum Gasteiger partial charge on any atom is 0.302 e. The van der Waals surface area contributed by atoms with E-state index in [4.69, 9.17) is 4.74 Å². The second-order valence-electron chi connectivity index (χ2n) is 3.28. The first-order chi connectivity index (χ1) is 9.45. The maximum absolute atomic E-state index is 10.1. The molecule has 0 heterocycles. The molecule has 0 spiro atoms. The summed E-state index contributed by atoms with van der Waals surface area (Å²) in [6, 6.07) is 0. The van der Waals surface area contributed by atoms with Gasteiger partial charge in [-0.25, -0.2) is 0 Å². The molecule has 20 heavy (non-hydrogen) atoms. The average molecular weight is 292 g/mol. The zero-order chi connectivity index (χ0) is 16.2. The van der Waals surface area contributed by atoms with Gasteiger partial charge in [0.1, 0.15) is 13.2 Å². The first-order valence-electron chi connectivity index (χ1n) is 6.36. The van der Waals surface area contributed by atoms with Gasteiger partial charge in [0.05, 0.1) is 13.2 Å². The first-order valence-corrected chi connectivity index (χ1v) is 6.36. The summed E-state index contributed by atoms with van der Waals surface area (Å²) < 4.78 is 18.6. The fourth-order valence-corrected chi connectivity index (χ4v) is 0.657. The van der Waals surface area contributed by atoms with E-state index in [0.29, 0.717) is 33.0 Å². The minimum Gasteiger partial charge on any atom is -0.463 e. The number of hydrogen-bond acceptors (Lipinski definition) is 6. The van der Waals surface area contributed by atoms with Crippen LogP contribution in [0.1, 0.15) is 27.7 Å². The predicted molar refractivity (Wildman–Crippen MR) is 77.5 cm³/mol. The summed E-state index contributed by atoms with van der Waals surface area (Å²) in [5.74, 6) is -0.517. The zero-order valence-electron chi connectivity index (χ0n) is 13.3. The smallest absolute Gasteiger partial charge is 0.302 e. The van der Waals surface area contributed by atoms with E-state index in [1.165, 1.54) is 13.8 Å². The summed E-state index contributed by atoms with van der Waals surface area (Å²) in [6.45, 7) is 12.3. The van der Waals surface area contributed by atoms with Crippen LogP contribution in [-0.4, -0.2) is 52.1 Å². The summed E-state index contributed by atoms with van der Waals surface area (Å²) in [6.07, 6.45) is 1.75. The van der Waals surface area contributed by atoms with Crippen molar-refractivity contribution in [3.63, 3.8) is 0 Å². The second-order valence-corrected chi connectivity index (χ2v) is 3.28. The third-order valence-electron chi connectivity index (χ3n) is 1.33. The van der Waals surface area contributed by atoms with E-state index < -0.39 is 0 Å². The van der Waals surface area contributed by atoms with Gasteiger partial charge in [0, 0.05) is 27.6 Å². The van der Waals surface area contributed by atoms with Gasteiger partial charge in [0.25, 0.3) is 0 Å². The lowest BCUT2D eigenvalue weighted by Gasteiger charge is -1.99. The second kappa shape index (κ2) is 22.8. The molecular formula is C14H28O6. The Hall–Kier alpha value is -1.40. The van der Waals surface area contributed by atoms with Crippen molar-refractivity contribution in [1.82, 2.24) is 0 Å². The predicted octanol–water partition coefficient (Wildman–Crippen LogP) is 1.97. The third kappa shape index (κ3) is 43.8. The number of rotatable bonds is 7. The van der Waals surface area contributed by atoms with E-state index in [-0.39, 0.29) is 11.9 Å². The van der Waals surface area contributed by atoms with Gasteiger partial charge in [-0.3, -0.25) is 9.59 Å². The SMILES string of the molecule is C=CC.CCOCCOC(C)=O.COCCOC(C)=O. The summed E-state index contributed by atoms with van der Waals surface area (Å²) in [4.78, 5) is 20.2. The molecule has 0 saturated carbocycles. The number of methoxy groups -OCH3 is 1.